The molecule has 1 rings (SSSR count). The minimum Gasteiger partial charge on any atom is -0.457 e. The van der Waals surface area contributed by atoms with Gasteiger partial charge in [0.15, 0.2) is 0 Å². The first kappa shape index (κ1) is 15.7. The third kappa shape index (κ3) is 3.56. The monoisotopic (exact) mass is 286 g/mol. The van der Waals surface area contributed by atoms with E-state index in [9.17, 15) is 13.5 Å². The SMILES string of the molecule is C=C(CC)C(O)(CC)Oc1ccccc1S(=O)(=O)O. The molecule has 1 aromatic rings. The number of hydrogen-bond donors (Lipinski definition) is 2. The molecule has 0 heterocycles. The molecule has 0 saturated heterocycles. The lowest BCUT2D eigenvalue weighted by atomic mass is 10.0. The van der Waals surface area contributed by atoms with E-state index in [1.165, 1.54) is 18.2 Å². The average molecular weight is 286 g/mol. The molecule has 0 amide bonds. The molecule has 1 aromatic carbocycles. The molecule has 2 N–H and O–H groups in total. The molecule has 106 valence electrons. The van der Waals surface area contributed by atoms with Gasteiger partial charge in [0.1, 0.15) is 10.6 Å². The Hall–Kier alpha value is -1.37. The summed E-state index contributed by atoms with van der Waals surface area (Å²) in [4.78, 5) is -0.384. The molecule has 6 heteroatoms. The second kappa shape index (κ2) is 5.73. The Kier molecular flexibility index (Phi) is 4.73. The molecule has 0 aliphatic rings. The van der Waals surface area contributed by atoms with E-state index < -0.39 is 15.9 Å². The highest BCUT2D eigenvalue weighted by Crippen LogP contribution is 2.31. The van der Waals surface area contributed by atoms with Crippen molar-refractivity contribution in [3.05, 3.63) is 36.4 Å². The highest BCUT2D eigenvalue weighted by Gasteiger charge is 2.31. The van der Waals surface area contributed by atoms with Crippen LogP contribution in [0, 0.1) is 0 Å². The molecule has 0 spiro atoms. The van der Waals surface area contributed by atoms with Gasteiger partial charge in [-0.2, -0.15) is 8.42 Å². The Morgan fingerprint density at radius 3 is 2.42 bits per heavy atom. The van der Waals surface area contributed by atoms with E-state index in [-0.39, 0.29) is 17.1 Å². The van der Waals surface area contributed by atoms with Gasteiger partial charge in [0, 0.05) is 6.42 Å². The van der Waals surface area contributed by atoms with Gasteiger partial charge >= 0.3 is 0 Å². The van der Waals surface area contributed by atoms with Crippen LogP contribution in [0.2, 0.25) is 0 Å². The van der Waals surface area contributed by atoms with Crippen molar-refractivity contribution in [1.29, 1.82) is 0 Å². The Morgan fingerprint density at radius 2 is 1.95 bits per heavy atom. The lowest BCUT2D eigenvalue weighted by Crippen LogP contribution is -2.37. The van der Waals surface area contributed by atoms with Crippen LogP contribution >= 0.6 is 0 Å². The second-order valence-electron chi connectivity index (χ2n) is 4.12. The van der Waals surface area contributed by atoms with Gasteiger partial charge in [-0.05, 0) is 24.1 Å². The van der Waals surface area contributed by atoms with E-state index in [0.29, 0.717) is 12.0 Å². The summed E-state index contributed by atoms with van der Waals surface area (Å²) in [6.07, 6.45) is 0.692. The minimum atomic E-state index is -4.41. The maximum atomic E-state index is 11.2. The zero-order valence-corrected chi connectivity index (χ0v) is 11.8. The van der Waals surface area contributed by atoms with Crippen molar-refractivity contribution in [2.24, 2.45) is 0 Å². The van der Waals surface area contributed by atoms with Crippen molar-refractivity contribution in [2.45, 2.75) is 37.4 Å². The number of aliphatic hydroxyl groups is 1. The lowest BCUT2D eigenvalue weighted by Gasteiger charge is -2.30. The van der Waals surface area contributed by atoms with E-state index in [0.717, 1.165) is 0 Å². The van der Waals surface area contributed by atoms with Gasteiger partial charge in [-0.3, -0.25) is 4.55 Å². The molecule has 5 nitrogen and oxygen atoms in total. The maximum absolute atomic E-state index is 11.2. The predicted octanol–water partition coefficient (Wildman–Crippen LogP) is 2.38. The van der Waals surface area contributed by atoms with Crippen molar-refractivity contribution >= 4 is 10.1 Å². The summed E-state index contributed by atoms with van der Waals surface area (Å²) >= 11 is 0. The highest BCUT2D eigenvalue weighted by molar-refractivity contribution is 7.86. The summed E-state index contributed by atoms with van der Waals surface area (Å²) in [5.41, 5.74) is 0.431. The van der Waals surface area contributed by atoms with Crippen molar-refractivity contribution in [3.8, 4) is 5.75 Å². The topological polar surface area (TPSA) is 83.8 Å². The van der Waals surface area contributed by atoms with Crippen LogP contribution in [0.1, 0.15) is 26.7 Å². The van der Waals surface area contributed by atoms with Crippen molar-refractivity contribution in [1.82, 2.24) is 0 Å². The van der Waals surface area contributed by atoms with Crippen LogP contribution in [-0.4, -0.2) is 23.9 Å². The normalized spacial score (nSPS) is 14.7. The van der Waals surface area contributed by atoms with E-state index in [1.54, 1.807) is 19.9 Å². The van der Waals surface area contributed by atoms with Gasteiger partial charge < -0.3 is 9.84 Å². The van der Waals surface area contributed by atoms with Crippen molar-refractivity contribution < 1.29 is 22.8 Å². The van der Waals surface area contributed by atoms with Gasteiger partial charge in [0.05, 0.1) is 0 Å². The summed E-state index contributed by atoms with van der Waals surface area (Å²) in [5.74, 6) is -1.76. The maximum Gasteiger partial charge on any atom is 0.298 e. The highest BCUT2D eigenvalue weighted by atomic mass is 32.2. The van der Waals surface area contributed by atoms with Gasteiger partial charge in [-0.15, -0.1) is 0 Å². The van der Waals surface area contributed by atoms with E-state index in [4.69, 9.17) is 9.29 Å². The predicted molar refractivity (Wildman–Crippen MR) is 71.6 cm³/mol. The fraction of sp³-hybridized carbons (Fsp3) is 0.385. The number of ether oxygens (including phenoxy) is 1. The summed E-state index contributed by atoms with van der Waals surface area (Å²) in [7, 11) is -4.41. The molecule has 0 saturated carbocycles. The standard InChI is InChI=1S/C13H18O5S/c1-4-10(3)13(14,5-2)18-11-8-6-7-9-12(11)19(15,16)17/h6-9,14H,3-5H2,1-2H3,(H,15,16,17). The third-order valence-electron chi connectivity index (χ3n) is 2.86. The molecule has 1 unspecified atom stereocenters. The first-order valence-electron chi connectivity index (χ1n) is 5.90. The fourth-order valence-corrected chi connectivity index (χ4v) is 2.21. The molecule has 0 radical (unpaired) electrons. The summed E-state index contributed by atoms with van der Waals surface area (Å²) in [6.45, 7) is 7.22. The van der Waals surface area contributed by atoms with Crippen LogP contribution in [0.4, 0.5) is 0 Å². The molecule has 0 aliphatic carbocycles. The first-order valence-corrected chi connectivity index (χ1v) is 7.34. The second-order valence-corrected chi connectivity index (χ2v) is 5.51. The van der Waals surface area contributed by atoms with Crippen LogP contribution in [0.25, 0.3) is 0 Å². The number of hydrogen-bond acceptors (Lipinski definition) is 4. The fourth-order valence-electron chi connectivity index (χ4n) is 1.60. The molecular formula is C13H18O5S. The Morgan fingerprint density at radius 1 is 1.37 bits per heavy atom. The lowest BCUT2D eigenvalue weighted by molar-refractivity contribution is -0.109. The minimum absolute atomic E-state index is 0.107. The van der Waals surface area contributed by atoms with Gasteiger partial charge in [-0.25, -0.2) is 0 Å². The summed E-state index contributed by atoms with van der Waals surface area (Å²) in [6, 6.07) is 5.58. The summed E-state index contributed by atoms with van der Waals surface area (Å²) in [5, 5.41) is 10.3. The Balaban J connectivity index is 3.23. The molecule has 19 heavy (non-hydrogen) atoms. The molecule has 0 aliphatic heterocycles. The number of para-hydroxylation sites is 1. The van der Waals surface area contributed by atoms with Gasteiger partial charge in [0.2, 0.25) is 5.79 Å². The van der Waals surface area contributed by atoms with Gasteiger partial charge in [0.25, 0.3) is 10.1 Å². The van der Waals surface area contributed by atoms with Crippen LogP contribution in [0.5, 0.6) is 5.75 Å². The zero-order valence-electron chi connectivity index (χ0n) is 11.0. The third-order valence-corrected chi connectivity index (χ3v) is 3.76. The van der Waals surface area contributed by atoms with Crippen LogP contribution in [0.15, 0.2) is 41.3 Å². The molecule has 1 atom stereocenters. The molecule has 0 fully saturated rings. The van der Waals surface area contributed by atoms with E-state index in [2.05, 4.69) is 6.58 Å². The largest absolute Gasteiger partial charge is 0.457 e. The number of rotatable bonds is 6. The van der Waals surface area contributed by atoms with Crippen LogP contribution < -0.4 is 4.74 Å². The Bertz CT molecular complexity index is 564. The average Bonchev–Trinajstić information content (AvgIpc) is 2.37. The quantitative estimate of drug-likeness (QED) is 0.476. The zero-order chi connectivity index (χ0) is 14.7. The first-order chi connectivity index (χ1) is 8.74. The summed E-state index contributed by atoms with van der Waals surface area (Å²) < 4.78 is 37.0. The molecule has 0 bridgehead atoms. The molecule has 0 aromatic heterocycles. The van der Waals surface area contributed by atoms with Crippen molar-refractivity contribution in [2.75, 3.05) is 0 Å². The Labute approximate surface area is 113 Å². The van der Waals surface area contributed by atoms with E-state index in [1.807, 2.05) is 0 Å². The van der Waals surface area contributed by atoms with Crippen LogP contribution in [0.3, 0.4) is 0 Å². The van der Waals surface area contributed by atoms with Crippen LogP contribution in [-0.2, 0) is 10.1 Å². The smallest absolute Gasteiger partial charge is 0.298 e. The molecular weight excluding hydrogens is 268 g/mol. The van der Waals surface area contributed by atoms with Crippen molar-refractivity contribution in [3.63, 3.8) is 0 Å². The van der Waals surface area contributed by atoms with Gasteiger partial charge in [-0.1, -0.05) is 32.6 Å². The van der Waals surface area contributed by atoms with E-state index >= 15 is 0 Å². The number of benzene rings is 1.